The zero-order valence-electron chi connectivity index (χ0n) is 11.5. The van der Waals surface area contributed by atoms with Gasteiger partial charge >= 0.3 is 0 Å². The first-order valence-corrected chi connectivity index (χ1v) is 7.53. The zero-order chi connectivity index (χ0) is 13.1. The minimum atomic E-state index is 0.172. The van der Waals surface area contributed by atoms with Crippen LogP contribution in [0, 0.1) is 18.8 Å². The maximum Gasteiger partial charge on any atom is 0.0435 e. The van der Waals surface area contributed by atoms with Crippen LogP contribution < -0.4 is 5.73 Å². The van der Waals surface area contributed by atoms with Gasteiger partial charge in [-0.15, -0.1) is 0 Å². The SMILES string of the molecule is CCC1CCCCC1C(N)c1ccc(Cl)c(C)c1. The lowest BCUT2D eigenvalue weighted by atomic mass is 9.72. The minimum Gasteiger partial charge on any atom is -0.324 e. The number of benzene rings is 1. The van der Waals surface area contributed by atoms with Crippen molar-refractivity contribution >= 4 is 11.6 Å². The summed E-state index contributed by atoms with van der Waals surface area (Å²) in [4.78, 5) is 0. The van der Waals surface area contributed by atoms with Crippen LogP contribution in [-0.4, -0.2) is 0 Å². The Morgan fingerprint density at radius 2 is 2.06 bits per heavy atom. The molecule has 0 saturated heterocycles. The maximum absolute atomic E-state index is 6.51. The van der Waals surface area contributed by atoms with Crippen molar-refractivity contribution in [2.45, 2.75) is 52.0 Å². The van der Waals surface area contributed by atoms with E-state index in [1.807, 2.05) is 6.07 Å². The first-order chi connectivity index (χ1) is 8.63. The minimum absolute atomic E-state index is 0.172. The predicted molar refractivity (Wildman–Crippen MR) is 78.9 cm³/mol. The third-order valence-corrected chi connectivity index (χ3v) is 4.94. The summed E-state index contributed by atoms with van der Waals surface area (Å²) in [6, 6.07) is 6.41. The van der Waals surface area contributed by atoms with Crippen molar-refractivity contribution in [3.63, 3.8) is 0 Å². The fourth-order valence-corrected chi connectivity index (χ4v) is 3.46. The molecule has 0 heterocycles. The van der Waals surface area contributed by atoms with Gasteiger partial charge in [-0.3, -0.25) is 0 Å². The quantitative estimate of drug-likeness (QED) is 0.829. The van der Waals surface area contributed by atoms with Crippen molar-refractivity contribution in [1.29, 1.82) is 0 Å². The molecule has 0 aliphatic heterocycles. The Labute approximate surface area is 116 Å². The lowest BCUT2D eigenvalue weighted by molar-refractivity contribution is 0.196. The fourth-order valence-electron chi connectivity index (χ4n) is 3.34. The Kier molecular flexibility index (Phi) is 4.69. The molecule has 0 radical (unpaired) electrons. The Morgan fingerprint density at radius 3 is 2.72 bits per heavy atom. The second-order valence-electron chi connectivity index (χ2n) is 5.65. The van der Waals surface area contributed by atoms with E-state index in [0.717, 1.165) is 16.5 Å². The van der Waals surface area contributed by atoms with Crippen LogP contribution in [0.25, 0.3) is 0 Å². The second kappa shape index (κ2) is 6.08. The molecule has 2 heteroatoms. The van der Waals surface area contributed by atoms with Gasteiger partial charge in [0.2, 0.25) is 0 Å². The molecule has 1 aliphatic carbocycles. The van der Waals surface area contributed by atoms with Crippen molar-refractivity contribution in [2.75, 3.05) is 0 Å². The van der Waals surface area contributed by atoms with Gasteiger partial charge in [0.15, 0.2) is 0 Å². The monoisotopic (exact) mass is 265 g/mol. The maximum atomic E-state index is 6.51. The van der Waals surface area contributed by atoms with Crippen molar-refractivity contribution in [3.05, 3.63) is 34.3 Å². The van der Waals surface area contributed by atoms with E-state index < -0.39 is 0 Å². The highest BCUT2D eigenvalue weighted by Crippen LogP contribution is 2.39. The van der Waals surface area contributed by atoms with E-state index in [-0.39, 0.29) is 6.04 Å². The van der Waals surface area contributed by atoms with E-state index in [4.69, 9.17) is 17.3 Å². The van der Waals surface area contributed by atoms with Gasteiger partial charge in [-0.1, -0.05) is 56.3 Å². The van der Waals surface area contributed by atoms with Crippen molar-refractivity contribution in [2.24, 2.45) is 17.6 Å². The Hall–Kier alpha value is -0.530. The topological polar surface area (TPSA) is 26.0 Å². The molecule has 1 aliphatic rings. The normalized spacial score (nSPS) is 26.0. The molecule has 0 aromatic heterocycles. The molecule has 0 bridgehead atoms. The Morgan fingerprint density at radius 1 is 1.33 bits per heavy atom. The molecule has 0 spiro atoms. The van der Waals surface area contributed by atoms with Gasteiger partial charge in [0.1, 0.15) is 0 Å². The molecule has 100 valence electrons. The van der Waals surface area contributed by atoms with Gasteiger partial charge in [-0.05, 0) is 42.4 Å². The first kappa shape index (κ1) is 13.9. The molecule has 2 N–H and O–H groups in total. The second-order valence-corrected chi connectivity index (χ2v) is 6.06. The predicted octanol–water partition coefficient (Wildman–Crippen LogP) is 4.86. The highest BCUT2D eigenvalue weighted by Gasteiger charge is 2.29. The van der Waals surface area contributed by atoms with E-state index in [1.54, 1.807) is 0 Å². The summed E-state index contributed by atoms with van der Waals surface area (Å²) in [5.41, 5.74) is 8.90. The zero-order valence-corrected chi connectivity index (χ0v) is 12.2. The van der Waals surface area contributed by atoms with Crippen LogP contribution in [0.15, 0.2) is 18.2 Å². The molecule has 2 rings (SSSR count). The number of hydrogen-bond donors (Lipinski definition) is 1. The summed E-state index contributed by atoms with van der Waals surface area (Å²) < 4.78 is 0. The number of nitrogens with two attached hydrogens (primary N) is 1. The highest BCUT2D eigenvalue weighted by molar-refractivity contribution is 6.31. The van der Waals surface area contributed by atoms with Crippen molar-refractivity contribution in [3.8, 4) is 0 Å². The summed E-state index contributed by atoms with van der Waals surface area (Å²) in [6.45, 7) is 4.35. The lowest BCUT2D eigenvalue weighted by Gasteiger charge is -2.35. The number of rotatable bonds is 3. The smallest absolute Gasteiger partial charge is 0.0435 e. The van der Waals surface area contributed by atoms with E-state index in [1.165, 1.54) is 37.7 Å². The van der Waals surface area contributed by atoms with Gasteiger partial charge < -0.3 is 5.73 Å². The Bertz CT molecular complexity index is 402. The summed E-state index contributed by atoms with van der Waals surface area (Å²) in [5, 5.41) is 0.835. The van der Waals surface area contributed by atoms with Gasteiger partial charge in [0.05, 0.1) is 0 Å². The van der Waals surface area contributed by atoms with E-state index in [9.17, 15) is 0 Å². The van der Waals surface area contributed by atoms with Crippen LogP contribution >= 0.6 is 11.6 Å². The van der Waals surface area contributed by atoms with Gasteiger partial charge in [-0.25, -0.2) is 0 Å². The molecule has 3 unspecified atom stereocenters. The van der Waals surface area contributed by atoms with Crippen LogP contribution in [0.3, 0.4) is 0 Å². The third-order valence-electron chi connectivity index (χ3n) is 4.52. The van der Waals surface area contributed by atoms with Crippen molar-refractivity contribution < 1.29 is 0 Å². The van der Waals surface area contributed by atoms with E-state index in [0.29, 0.717) is 5.92 Å². The molecule has 1 fully saturated rings. The molecule has 1 saturated carbocycles. The van der Waals surface area contributed by atoms with Crippen molar-refractivity contribution in [1.82, 2.24) is 0 Å². The lowest BCUT2D eigenvalue weighted by Crippen LogP contribution is -2.30. The van der Waals surface area contributed by atoms with E-state index >= 15 is 0 Å². The molecule has 1 nitrogen and oxygen atoms in total. The number of halogens is 1. The van der Waals surface area contributed by atoms with E-state index in [2.05, 4.69) is 26.0 Å². The number of hydrogen-bond acceptors (Lipinski definition) is 1. The largest absolute Gasteiger partial charge is 0.324 e. The highest BCUT2D eigenvalue weighted by atomic mass is 35.5. The van der Waals surface area contributed by atoms with Gasteiger partial charge in [-0.2, -0.15) is 0 Å². The molecule has 3 atom stereocenters. The molecular formula is C16H24ClN. The summed E-state index contributed by atoms with van der Waals surface area (Å²) in [5.74, 6) is 1.44. The summed E-state index contributed by atoms with van der Waals surface area (Å²) in [6.07, 6.45) is 6.59. The van der Waals surface area contributed by atoms with Crippen LogP contribution in [0.1, 0.15) is 56.2 Å². The van der Waals surface area contributed by atoms with Gasteiger partial charge in [0.25, 0.3) is 0 Å². The summed E-state index contributed by atoms with van der Waals surface area (Å²) >= 11 is 6.09. The van der Waals surface area contributed by atoms with Gasteiger partial charge in [0, 0.05) is 11.1 Å². The number of aryl methyl sites for hydroxylation is 1. The fraction of sp³-hybridized carbons (Fsp3) is 0.625. The average molecular weight is 266 g/mol. The molecule has 18 heavy (non-hydrogen) atoms. The Balaban J connectivity index is 2.18. The van der Waals surface area contributed by atoms with Crippen LogP contribution in [0.5, 0.6) is 0 Å². The average Bonchev–Trinajstić information content (AvgIpc) is 2.41. The van der Waals surface area contributed by atoms with Crippen LogP contribution in [0.2, 0.25) is 5.02 Å². The molecular weight excluding hydrogens is 242 g/mol. The molecule has 1 aromatic rings. The third kappa shape index (κ3) is 2.89. The van der Waals surface area contributed by atoms with Crippen LogP contribution in [0.4, 0.5) is 0 Å². The van der Waals surface area contributed by atoms with Crippen LogP contribution in [-0.2, 0) is 0 Å². The molecule has 1 aromatic carbocycles. The standard InChI is InChI=1S/C16H24ClN/c1-3-12-6-4-5-7-14(12)16(18)13-8-9-15(17)11(2)10-13/h8-10,12,14,16H,3-7,18H2,1-2H3. The first-order valence-electron chi connectivity index (χ1n) is 7.15. The molecule has 0 amide bonds. The summed E-state index contributed by atoms with van der Waals surface area (Å²) in [7, 11) is 0.